The topological polar surface area (TPSA) is 57.7 Å². The zero-order chi connectivity index (χ0) is 15.1. The van der Waals surface area contributed by atoms with E-state index < -0.39 is 27.8 Å². The average molecular weight is 296 g/mol. The van der Waals surface area contributed by atoms with Gasteiger partial charge >= 0.3 is 0 Å². The Morgan fingerprint density at radius 2 is 2.10 bits per heavy atom. The summed E-state index contributed by atoms with van der Waals surface area (Å²) in [6, 6.07) is 3.27. The molecule has 2 radical (unpaired) electrons. The molecule has 106 valence electrons. The maximum Gasteiger partial charge on any atom is 0.245 e. The van der Waals surface area contributed by atoms with E-state index in [1.165, 1.54) is 24.1 Å². The molecule has 20 heavy (non-hydrogen) atoms. The van der Waals surface area contributed by atoms with E-state index in [1.54, 1.807) is 0 Å². The molecule has 1 aromatic rings. The summed E-state index contributed by atoms with van der Waals surface area (Å²) in [6.45, 7) is 0.268. The van der Waals surface area contributed by atoms with Crippen LogP contribution in [0.4, 0.5) is 10.1 Å². The first-order valence-corrected chi connectivity index (χ1v) is 7.86. The highest BCUT2D eigenvalue weighted by Gasteiger charge is 2.39. The van der Waals surface area contributed by atoms with Crippen LogP contribution in [0.3, 0.4) is 0 Å². The van der Waals surface area contributed by atoms with Crippen molar-refractivity contribution >= 4 is 34.9 Å². The van der Waals surface area contributed by atoms with Crippen molar-refractivity contribution < 1.29 is 17.6 Å². The van der Waals surface area contributed by atoms with Gasteiger partial charge in [-0.15, -0.1) is 0 Å². The molecule has 0 aliphatic carbocycles. The highest BCUT2D eigenvalue weighted by Crippen LogP contribution is 2.26. The number of rotatable bonds is 3. The predicted octanol–water partition coefficient (Wildman–Crippen LogP) is -0.384. The molecule has 0 saturated carbocycles. The fourth-order valence-electron chi connectivity index (χ4n) is 2.21. The molecule has 0 aromatic heterocycles. The zero-order valence-electron chi connectivity index (χ0n) is 11.2. The minimum absolute atomic E-state index is 0.119. The summed E-state index contributed by atoms with van der Waals surface area (Å²) in [5, 5.41) is 0. The summed E-state index contributed by atoms with van der Waals surface area (Å²) in [4.78, 5) is 13.5. The van der Waals surface area contributed by atoms with Crippen LogP contribution in [-0.2, 0) is 14.8 Å². The normalized spacial score (nSPS) is 19.9. The highest BCUT2D eigenvalue weighted by atomic mass is 32.2. The molecule has 1 atom stereocenters. The number of hydrogen-bond donors (Lipinski definition) is 0. The molecule has 0 N–H and O–H groups in total. The molecule has 0 spiro atoms. The smallest absolute Gasteiger partial charge is 0.245 e. The van der Waals surface area contributed by atoms with Crippen LogP contribution in [0.2, 0.25) is 0 Å². The molecule has 1 aromatic carbocycles. The summed E-state index contributed by atoms with van der Waals surface area (Å²) in [7, 11) is 3.34. The summed E-state index contributed by atoms with van der Waals surface area (Å²) in [6.07, 6.45) is 1.36. The monoisotopic (exact) mass is 296 g/mol. The average Bonchev–Trinajstić information content (AvgIpc) is 2.69. The van der Waals surface area contributed by atoms with Gasteiger partial charge in [0, 0.05) is 13.6 Å². The Balaban J connectivity index is 2.28. The fraction of sp³-hybridized carbons (Fsp3) is 0.417. The van der Waals surface area contributed by atoms with Gasteiger partial charge in [-0.2, -0.15) is 4.31 Å². The number of hydrogen-bond acceptors (Lipinski definition) is 3. The van der Waals surface area contributed by atoms with Crippen molar-refractivity contribution in [2.24, 2.45) is 0 Å². The lowest BCUT2D eigenvalue weighted by atomic mass is 9.96. The quantitative estimate of drug-likeness (QED) is 0.714. The number of sulfonamides is 1. The van der Waals surface area contributed by atoms with Crippen LogP contribution in [0.5, 0.6) is 0 Å². The van der Waals surface area contributed by atoms with Crippen molar-refractivity contribution in [1.82, 2.24) is 4.31 Å². The van der Waals surface area contributed by atoms with E-state index >= 15 is 0 Å². The lowest BCUT2D eigenvalue weighted by Crippen LogP contribution is -2.42. The molecular weight excluding hydrogens is 282 g/mol. The van der Waals surface area contributed by atoms with Crippen LogP contribution < -0.4 is 10.4 Å². The van der Waals surface area contributed by atoms with Gasteiger partial charge in [-0.25, -0.2) is 12.8 Å². The Bertz CT molecular complexity index is 650. The maximum atomic E-state index is 13.8. The van der Waals surface area contributed by atoms with Crippen molar-refractivity contribution in [1.29, 1.82) is 0 Å². The summed E-state index contributed by atoms with van der Waals surface area (Å²) in [5.41, 5.74) is 0.385. The molecule has 1 heterocycles. The lowest BCUT2D eigenvalue weighted by molar-refractivity contribution is -0.120. The number of nitrogens with zero attached hydrogens (tertiary/aromatic N) is 2. The third-order valence-electron chi connectivity index (χ3n) is 3.40. The minimum atomic E-state index is -3.47. The van der Waals surface area contributed by atoms with E-state index in [2.05, 4.69) is 0 Å². The number of carbonyl (C=O) groups excluding carboxylic acids is 1. The maximum absolute atomic E-state index is 13.8. The van der Waals surface area contributed by atoms with E-state index in [0.717, 1.165) is 16.6 Å². The number of amides is 1. The first kappa shape index (κ1) is 15.0. The Hall–Kier alpha value is -1.41. The zero-order valence-corrected chi connectivity index (χ0v) is 12.0. The van der Waals surface area contributed by atoms with E-state index in [0.29, 0.717) is 6.42 Å². The SMILES string of the molecule is [B]c1ccc(N2CCC(N(C)S(C)(=O)=O)C2=O)c(F)c1. The van der Waals surface area contributed by atoms with Crippen LogP contribution in [0.25, 0.3) is 0 Å². The molecule has 2 rings (SSSR count). The van der Waals surface area contributed by atoms with Gasteiger partial charge in [0.25, 0.3) is 0 Å². The van der Waals surface area contributed by atoms with Gasteiger partial charge < -0.3 is 4.90 Å². The van der Waals surface area contributed by atoms with Gasteiger partial charge in [-0.3, -0.25) is 4.79 Å². The number of anilines is 1. The van der Waals surface area contributed by atoms with Crippen molar-refractivity contribution in [2.45, 2.75) is 12.5 Å². The second-order valence-corrected chi connectivity index (χ2v) is 6.83. The van der Waals surface area contributed by atoms with Crippen LogP contribution in [0.15, 0.2) is 18.2 Å². The largest absolute Gasteiger partial charge is 0.308 e. The number of carbonyl (C=O) groups is 1. The van der Waals surface area contributed by atoms with Gasteiger partial charge in [0.2, 0.25) is 15.9 Å². The van der Waals surface area contributed by atoms with Crippen LogP contribution in [0, 0.1) is 5.82 Å². The second-order valence-electron chi connectivity index (χ2n) is 4.78. The Labute approximate surface area is 118 Å². The summed E-state index contributed by atoms with van der Waals surface area (Å²) < 4.78 is 37.8. The molecule has 1 aliphatic rings. The van der Waals surface area contributed by atoms with Crippen LogP contribution in [-0.4, -0.2) is 52.4 Å². The Morgan fingerprint density at radius 1 is 1.45 bits per heavy atom. The molecule has 1 saturated heterocycles. The molecule has 1 aliphatic heterocycles. The molecule has 1 fully saturated rings. The van der Waals surface area contributed by atoms with Gasteiger partial charge in [0.15, 0.2) is 0 Å². The third kappa shape index (κ3) is 2.71. The lowest BCUT2D eigenvalue weighted by Gasteiger charge is -2.22. The Morgan fingerprint density at radius 3 is 2.65 bits per heavy atom. The van der Waals surface area contributed by atoms with Gasteiger partial charge in [0.1, 0.15) is 19.7 Å². The second kappa shape index (κ2) is 5.18. The molecule has 1 unspecified atom stereocenters. The first-order chi connectivity index (χ1) is 9.21. The van der Waals surface area contributed by atoms with Gasteiger partial charge in [-0.05, 0) is 18.6 Å². The fourth-order valence-corrected chi connectivity index (χ4v) is 2.87. The van der Waals surface area contributed by atoms with Gasteiger partial charge in [-0.1, -0.05) is 11.5 Å². The Kier molecular flexibility index (Phi) is 3.88. The van der Waals surface area contributed by atoms with E-state index in [-0.39, 0.29) is 17.7 Å². The molecule has 5 nitrogen and oxygen atoms in total. The number of benzene rings is 1. The predicted molar refractivity (Wildman–Crippen MR) is 75.2 cm³/mol. The summed E-state index contributed by atoms with van der Waals surface area (Å²) in [5.74, 6) is -1.03. The minimum Gasteiger partial charge on any atom is -0.308 e. The molecular formula is C12H14BFN2O3S. The van der Waals surface area contributed by atoms with Crippen molar-refractivity contribution in [3.8, 4) is 0 Å². The molecule has 1 amide bonds. The van der Waals surface area contributed by atoms with Gasteiger partial charge in [0.05, 0.1) is 11.9 Å². The highest BCUT2D eigenvalue weighted by molar-refractivity contribution is 7.88. The third-order valence-corrected chi connectivity index (χ3v) is 4.70. The van der Waals surface area contributed by atoms with Crippen molar-refractivity contribution in [3.63, 3.8) is 0 Å². The van der Waals surface area contributed by atoms with E-state index in [4.69, 9.17) is 7.85 Å². The number of halogens is 1. The van der Waals surface area contributed by atoms with Crippen LogP contribution >= 0.6 is 0 Å². The number of likely N-dealkylation sites (N-methyl/N-ethyl adjacent to an activating group) is 1. The van der Waals surface area contributed by atoms with E-state index in [9.17, 15) is 17.6 Å². The van der Waals surface area contributed by atoms with Crippen molar-refractivity contribution in [3.05, 3.63) is 24.0 Å². The summed E-state index contributed by atoms with van der Waals surface area (Å²) >= 11 is 0. The molecule has 0 bridgehead atoms. The van der Waals surface area contributed by atoms with E-state index in [1.807, 2.05) is 0 Å². The molecule has 8 heteroatoms. The standard InChI is InChI=1S/C12H14BFN2O3S/c1-15(20(2,18)19)11-5-6-16(12(11)17)10-4-3-8(13)7-9(10)14/h3-4,7,11H,5-6H2,1-2H3. The van der Waals surface area contributed by atoms with Crippen LogP contribution in [0.1, 0.15) is 6.42 Å². The first-order valence-electron chi connectivity index (χ1n) is 6.01. The van der Waals surface area contributed by atoms with Crippen molar-refractivity contribution in [2.75, 3.05) is 24.7 Å².